The monoisotopic (exact) mass is 371 g/mol. The summed E-state index contributed by atoms with van der Waals surface area (Å²) >= 11 is 0. The SMILES string of the molecule is CS(=O)(=O)c1ccc2c(c1)nc1n2[C@@H](CNCc2ccccc2)COC1. The largest absolute Gasteiger partial charge is 0.371 e. The fraction of sp³-hybridized carbons (Fsp3) is 0.316. The number of imidazole rings is 1. The molecule has 1 aliphatic heterocycles. The Balaban J connectivity index is 1.58. The van der Waals surface area contributed by atoms with E-state index in [0.29, 0.717) is 23.6 Å². The van der Waals surface area contributed by atoms with Gasteiger partial charge in [-0.2, -0.15) is 0 Å². The minimum Gasteiger partial charge on any atom is -0.371 e. The third-order valence-corrected chi connectivity index (χ3v) is 5.73. The van der Waals surface area contributed by atoms with Gasteiger partial charge in [0.1, 0.15) is 12.4 Å². The van der Waals surface area contributed by atoms with Crippen molar-refractivity contribution in [3.8, 4) is 0 Å². The van der Waals surface area contributed by atoms with Crippen molar-refractivity contribution in [2.75, 3.05) is 19.4 Å². The molecule has 1 aromatic heterocycles. The van der Waals surface area contributed by atoms with Crippen LogP contribution in [0.4, 0.5) is 0 Å². The van der Waals surface area contributed by atoms with Crippen molar-refractivity contribution in [2.45, 2.75) is 24.1 Å². The summed E-state index contributed by atoms with van der Waals surface area (Å²) in [6.07, 6.45) is 1.21. The lowest BCUT2D eigenvalue weighted by Gasteiger charge is -2.26. The normalized spacial score (nSPS) is 17.3. The first-order chi connectivity index (χ1) is 12.5. The van der Waals surface area contributed by atoms with Gasteiger partial charge in [0.25, 0.3) is 0 Å². The van der Waals surface area contributed by atoms with E-state index in [2.05, 4.69) is 27.0 Å². The first kappa shape index (κ1) is 17.2. The van der Waals surface area contributed by atoms with Gasteiger partial charge in [-0.3, -0.25) is 0 Å². The van der Waals surface area contributed by atoms with Crippen LogP contribution in [0.2, 0.25) is 0 Å². The molecule has 1 aliphatic rings. The van der Waals surface area contributed by atoms with Gasteiger partial charge < -0.3 is 14.6 Å². The molecule has 0 radical (unpaired) electrons. The summed E-state index contributed by atoms with van der Waals surface area (Å²) in [7, 11) is -3.25. The zero-order chi connectivity index (χ0) is 18.1. The van der Waals surface area contributed by atoms with E-state index in [-0.39, 0.29) is 6.04 Å². The highest BCUT2D eigenvalue weighted by atomic mass is 32.2. The molecule has 2 aromatic carbocycles. The third-order valence-electron chi connectivity index (χ3n) is 4.62. The molecule has 1 N–H and O–H groups in total. The van der Waals surface area contributed by atoms with Gasteiger partial charge in [-0.25, -0.2) is 13.4 Å². The van der Waals surface area contributed by atoms with Crippen LogP contribution in [0.5, 0.6) is 0 Å². The van der Waals surface area contributed by atoms with Gasteiger partial charge in [0.05, 0.1) is 28.6 Å². The second kappa shape index (κ2) is 6.83. The van der Waals surface area contributed by atoms with E-state index in [0.717, 1.165) is 24.4 Å². The number of nitrogens with one attached hydrogen (secondary N) is 1. The predicted octanol–water partition coefficient (Wildman–Crippen LogP) is 2.30. The Kier molecular flexibility index (Phi) is 4.52. The minimum atomic E-state index is -3.25. The van der Waals surface area contributed by atoms with Crippen molar-refractivity contribution >= 4 is 20.9 Å². The quantitative estimate of drug-likeness (QED) is 0.745. The Morgan fingerprint density at radius 1 is 1.23 bits per heavy atom. The van der Waals surface area contributed by atoms with Crippen molar-refractivity contribution in [3.63, 3.8) is 0 Å². The van der Waals surface area contributed by atoms with E-state index < -0.39 is 9.84 Å². The molecule has 26 heavy (non-hydrogen) atoms. The van der Waals surface area contributed by atoms with Crippen molar-refractivity contribution in [3.05, 3.63) is 59.9 Å². The molecule has 0 saturated carbocycles. The summed E-state index contributed by atoms with van der Waals surface area (Å²) in [5.74, 6) is 0.836. The third kappa shape index (κ3) is 3.38. The Hall–Kier alpha value is -2.22. The van der Waals surface area contributed by atoms with E-state index in [1.165, 1.54) is 11.8 Å². The first-order valence-corrected chi connectivity index (χ1v) is 10.4. The van der Waals surface area contributed by atoms with E-state index in [1.807, 2.05) is 24.3 Å². The van der Waals surface area contributed by atoms with E-state index >= 15 is 0 Å². The highest BCUT2D eigenvalue weighted by Crippen LogP contribution is 2.27. The lowest BCUT2D eigenvalue weighted by Crippen LogP contribution is -2.32. The maximum atomic E-state index is 11.8. The van der Waals surface area contributed by atoms with Crippen molar-refractivity contribution < 1.29 is 13.2 Å². The van der Waals surface area contributed by atoms with Gasteiger partial charge >= 0.3 is 0 Å². The van der Waals surface area contributed by atoms with Crippen LogP contribution < -0.4 is 5.32 Å². The van der Waals surface area contributed by atoms with E-state index in [1.54, 1.807) is 12.1 Å². The lowest BCUT2D eigenvalue weighted by atomic mass is 10.2. The molecule has 0 bridgehead atoms. The number of hydrogen-bond acceptors (Lipinski definition) is 5. The van der Waals surface area contributed by atoms with Crippen LogP contribution in [0, 0.1) is 0 Å². The number of benzene rings is 2. The Morgan fingerprint density at radius 3 is 2.81 bits per heavy atom. The first-order valence-electron chi connectivity index (χ1n) is 8.56. The standard InChI is InChI=1S/C19H21N3O3S/c1-26(23,24)16-7-8-18-17(9-16)21-19-13-25-12-15(22(18)19)11-20-10-14-5-3-2-4-6-14/h2-9,15,20H,10-13H2,1H3/t15-/m0/s1. The Labute approximate surface area is 152 Å². The summed E-state index contributed by atoms with van der Waals surface area (Å²) in [5.41, 5.74) is 2.88. The van der Waals surface area contributed by atoms with Gasteiger partial charge in [0.15, 0.2) is 9.84 Å². The molecule has 1 atom stereocenters. The van der Waals surface area contributed by atoms with Crippen LogP contribution in [0.3, 0.4) is 0 Å². The summed E-state index contributed by atoms with van der Waals surface area (Å²) < 4.78 is 31.4. The molecule has 0 aliphatic carbocycles. The number of ether oxygens (including phenoxy) is 1. The zero-order valence-electron chi connectivity index (χ0n) is 14.6. The highest BCUT2D eigenvalue weighted by molar-refractivity contribution is 7.90. The second-order valence-electron chi connectivity index (χ2n) is 6.61. The smallest absolute Gasteiger partial charge is 0.175 e. The van der Waals surface area contributed by atoms with Gasteiger partial charge in [-0.1, -0.05) is 30.3 Å². The number of fused-ring (bicyclic) bond motifs is 3. The van der Waals surface area contributed by atoms with Gasteiger partial charge in [-0.15, -0.1) is 0 Å². The molecular formula is C19H21N3O3S. The van der Waals surface area contributed by atoms with Crippen LogP contribution >= 0.6 is 0 Å². The van der Waals surface area contributed by atoms with Crippen LogP contribution in [0.15, 0.2) is 53.4 Å². The fourth-order valence-corrected chi connectivity index (χ4v) is 4.00. The van der Waals surface area contributed by atoms with Gasteiger partial charge in [0.2, 0.25) is 0 Å². The summed E-state index contributed by atoms with van der Waals surface area (Å²) in [5, 5.41) is 3.48. The molecule has 0 spiro atoms. The second-order valence-corrected chi connectivity index (χ2v) is 8.62. The predicted molar refractivity (Wildman–Crippen MR) is 99.7 cm³/mol. The maximum Gasteiger partial charge on any atom is 0.175 e. The molecule has 3 aromatic rings. The van der Waals surface area contributed by atoms with Gasteiger partial charge in [-0.05, 0) is 23.8 Å². The minimum absolute atomic E-state index is 0.122. The van der Waals surface area contributed by atoms with Crippen LogP contribution in [-0.4, -0.2) is 37.4 Å². The zero-order valence-corrected chi connectivity index (χ0v) is 15.4. The van der Waals surface area contributed by atoms with Crippen molar-refractivity contribution in [1.82, 2.24) is 14.9 Å². The fourth-order valence-electron chi connectivity index (χ4n) is 3.36. The molecule has 0 amide bonds. The number of rotatable bonds is 5. The van der Waals surface area contributed by atoms with Crippen molar-refractivity contribution in [1.29, 1.82) is 0 Å². The molecule has 6 nitrogen and oxygen atoms in total. The Bertz CT molecular complexity index is 1030. The molecule has 4 rings (SSSR count). The maximum absolute atomic E-state index is 11.8. The Morgan fingerprint density at radius 2 is 2.04 bits per heavy atom. The lowest BCUT2D eigenvalue weighted by molar-refractivity contribution is 0.0564. The topological polar surface area (TPSA) is 73.2 Å². The van der Waals surface area contributed by atoms with Gasteiger partial charge in [0, 0.05) is 19.3 Å². The summed E-state index contributed by atoms with van der Waals surface area (Å²) in [6, 6.07) is 15.5. The number of sulfone groups is 1. The number of hydrogen-bond donors (Lipinski definition) is 1. The van der Waals surface area contributed by atoms with Crippen molar-refractivity contribution in [2.24, 2.45) is 0 Å². The number of aromatic nitrogens is 2. The van der Waals surface area contributed by atoms with E-state index in [4.69, 9.17) is 4.74 Å². The molecule has 136 valence electrons. The molecule has 2 heterocycles. The highest BCUT2D eigenvalue weighted by Gasteiger charge is 2.24. The van der Waals surface area contributed by atoms with E-state index in [9.17, 15) is 8.42 Å². The molecular weight excluding hydrogens is 350 g/mol. The average molecular weight is 371 g/mol. The molecule has 0 unspecified atom stereocenters. The van der Waals surface area contributed by atoms with Crippen LogP contribution in [-0.2, 0) is 27.7 Å². The number of nitrogens with zero attached hydrogens (tertiary/aromatic N) is 2. The molecule has 0 fully saturated rings. The van der Waals surface area contributed by atoms with Crippen LogP contribution in [0.25, 0.3) is 11.0 Å². The molecule has 7 heteroatoms. The summed E-state index contributed by atoms with van der Waals surface area (Å²) in [4.78, 5) is 4.88. The summed E-state index contributed by atoms with van der Waals surface area (Å²) in [6.45, 7) is 2.59. The molecule has 0 saturated heterocycles. The van der Waals surface area contributed by atoms with Crippen LogP contribution in [0.1, 0.15) is 17.4 Å². The average Bonchev–Trinajstić information content (AvgIpc) is 3.00.